The van der Waals surface area contributed by atoms with E-state index in [1.54, 1.807) is 21.1 Å². The maximum Gasteiger partial charge on any atom is 0.246 e. The number of rotatable bonds is 10. The van der Waals surface area contributed by atoms with Gasteiger partial charge < -0.3 is 19.2 Å². The first-order valence-corrected chi connectivity index (χ1v) is 7.26. The van der Waals surface area contributed by atoms with Crippen molar-refractivity contribution in [2.45, 2.75) is 25.7 Å². The summed E-state index contributed by atoms with van der Waals surface area (Å²) in [5.74, 6) is -0.0817. The van der Waals surface area contributed by atoms with Crippen LogP contribution in [0.5, 0.6) is 0 Å². The van der Waals surface area contributed by atoms with Crippen molar-refractivity contribution < 1.29 is 18.7 Å². The highest BCUT2D eigenvalue weighted by Crippen LogP contribution is 1.96. The van der Waals surface area contributed by atoms with E-state index >= 15 is 0 Å². The van der Waals surface area contributed by atoms with Gasteiger partial charge in [0.15, 0.2) is 16.1 Å². The van der Waals surface area contributed by atoms with Crippen LogP contribution in [0.3, 0.4) is 0 Å². The maximum absolute atomic E-state index is 11.1. The minimum Gasteiger partial charge on any atom is -0.398 e. The Morgan fingerprint density at radius 3 is 2.71 bits per heavy atom. The van der Waals surface area contributed by atoms with Gasteiger partial charge in [-0.3, -0.25) is 4.79 Å². The van der Waals surface area contributed by atoms with Crippen molar-refractivity contribution in [3.63, 3.8) is 0 Å². The molecule has 6 heteroatoms. The molecule has 0 saturated carbocycles. The number of carbonyl (C=O) groups excluding carboxylic acids is 1. The summed E-state index contributed by atoms with van der Waals surface area (Å²) in [5.41, 5.74) is 0.540. The summed E-state index contributed by atoms with van der Waals surface area (Å²) in [6.07, 6.45) is 0.672. The predicted molar refractivity (Wildman–Crippen MR) is 69.5 cm³/mol. The minimum atomic E-state index is -0.610. The van der Waals surface area contributed by atoms with Crippen LogP contribution in [0.25, 0.3) is 0 Å². The molecule has 17 heavy (non-hydrogen) atoms. The van der Waals surface area contributed by atoms with Gasteiger partial charge in [0, 0.05) is 26.3 Å². The van der Waals surface area contributed by atoms with E-state index in [-0.39, 0.29) is 12.2 Å². The second-order valence-electron chi connectivity index (χ2n) is 3.73. The Labute approximate surface area is 105 Å². The Kier molecular flexibility index (Phi) is 10.0. The number of nitrogens with one attached hydrogen (secondary N) is 1. The average Bonchev–Trinajstić information content (AvgIpc) is 2.31. The smallest absolute Gasteiger partial charge is 0.246 e. The molecule has 0 radical (unpaired) electrons. The van der Waals surface area contributed by atoms with E-state index < -0.39 is 9.76 Å². The molecule has 1 amide bonds. The SMILES string of the molecule is C=C(C)C(=O)NCCC[SiH2]OC(COC)OC. The highest BCUT2D eigenvalue weighted by atomic mass is 28.2. The number of hydrogen-bond donors (Lipinski definition) is 1. The third kappa shape index (κ3) is 9.05. The topological polar surface area (TPSA) is 56.8 Å². The van der Waals surface area contributed by atoms with Gasteiger partial charge in [-0.05, 0) is 19.4 Å². The second kappa shape index (κ2) is 10.5. The van der Waals surface area contributed by atoms with E-state index in [4.69, 9.17) is 13.9 Å². The molecule has 0 saturated heterocycles. The predicted octanol–water partition coefficient (Wildman–Crippen LogP) is 0.206. The Balaban J connectivity index is 3.39. The van der Waals surface area contributed by atoms with E-state index in [0.717, 1.165) is 12.5 Å². The lowest BCUT2D eigenvalue weighted by Crippen LogP contribution is -2.26. The third-order valence-corrected chi connectivity index (χ3v) is 3.51. The lowest BCUT2D eigenvalue weighted by Gasteiger charge is -2.15. The highest BCUT2D eigenvalue weighted by Gasteiger charge is 2.06. The van der Waals surface area contributed by atoms with Crippen LogP contribution in [-0.2, 0) is 18.7 Å². The van der Waals surface area contributed by atoms with Crippen LogP contribution in [0.4, 0.5) is 0 Å². The zero-order valence-corrected chi connectivity index (χ0v) is 12.4. The van der Waals surface area contributed by atoms with Crippen molar-refractivity contribution in [3.8, 4) is 0 Å². The van der Waals surface area contributed by atoms with Crippen LogP contribution in [0.1, 0.15) is 13.3 Å². The van der Waals surface area contributed by atoms with Crippen molar-refractivity contribution in [2.24, 2.45) is 0 Å². The molecule has 1 unspecified atom stereocenters. The molecule has 0 aliphatic rings. The quantitative estimate of drug-likeness (QED) is 0.264. The molecule has 0 rings (SSSR count). The molecular weight excluding hydrogens is 238 g/mol. The van der Waals surface area contributed by atoms with Gasteiger partial charge in [0.1, 0.15) is 0 Å². The Bertz CT molecular complexity index is 236. The fourth-order valence-corrected chi connectivity index (χ4v) is 2.23. The molecule has 0 aromatic rings. The average molecular weight is 261 g/mol. The molecule has 0 aromatic carbocycles. The Morgan fingerprint density at radius 2 is 2.18 bits per heavy atom. The van der Waals surface area contributed by atoms with Crippen molar-refractivity contribution in [1.82, 2.24) is 5.32 Å². The monoisotopic (exact) mass is 261 g/mol. The summed E-state index contributed by atoms with van der Waals surface area (Å²) < 4.78 is 15.6. The summed E-state index contributed by atoms with van der Waals surface area (Å²) in [7, 11) is 2.61. The number of amides is 1. The van der Waals surface area contributed by atoms with Crippen molar-refractivity contribution in [1.29, 1.82) is 0 Å². The Morgan fingerprint density at radius 1 is 1.47 bits per heavy atom. The van der Waals surface area contributed by atoms with Crippen molar-refractivity contribution in [2.75, 3.05) is 27.4 Å². The highest BCUT2D eigenvalue weighted by molar-refractivity contribution is 6.27. The summed E-state index contributed by atoms with van der Waals surface area (Å²) in [6, 6.07) is 1.00. The van der Waals surface area contributed by atoms with Crippen LogP contribution in [-0.4, -0.2) is 49.3 Å². The summed E-state index contributed by atoms with van der Waals surface area (Å²) in [6.45, 7) is 6.39. The first kappa shape index (κ1) is 16.3. The summed E-state index contributed by atoms with van der Waals surface area (Å²) >= 11 is 0. The van der Waals surface area contributed by atoms with Crippen LogP contribution in [0, 0.1) is 0 Å². The van der Waals surface area contributed by atoms with E-state index in [1.807, 2.05) is 0 Å². The van der Waals surface area contributed by atoms with Gasteiger partial charge in [-0.25, -0.2) is 0 Å². The largest absolute Gasteiger partial charge is 0.398 e. The molecule has 0 spiro atoms. The van der Waals surface area contributed by atoms with Gasteiger partial charge >= 0.3 is 0 Å². The molecule has 100 valence electrons. The molecule has 0 bridgehead atoms. The maximum atomic E-state index is 11.1. The van der Waals surface area contributed by atoms with E-state index in [2.05, 4.69) is 11.9 Å². The fraction of sp³-hybridized carbons (Fsp3) is 0.727. The van der Waals surface area contributed by atoms with Crippen LogP contribution in [0.2, 0.25) is 6.04 Å². The van der Waals surface area contributed by atoms with Gasteiger partial charge in [0.25, 0.3) is 0 Å². The lowest BCUT2D eigenvalue weighted by molar-refractivity contribution is -0.117. The molecule has 0 fully saturated rings. The van der Waals surface area contributed by atoms with Gasteiger partial charge in [0.2, 0.25) is 5.91 Å². The summed E-state index contributed by atoms with van der Waals surface area (Å²) in [5, 5.41) is 2.78. The molecule has 5 nitrogen and oxygen atoms in total. The molecule has 0 heterocycles. The number of methoxy groups -OCH3 is 2. The van der Waals surface area contributed by atoms with Gasteiger partial charge in [-0.15, -0.1) is 0 Å². The second-order valence-corrected chi connectivity index (χ2v) is 5.18. The zero-order valence-electron chi connectivity index (χ0n) is 11.0. The van der Waals surface area contributed by atoms with Gasteiger partial charge in [-0.2, -0.15) is 0 Å². The van der Waals surface area contributed by atoms with E-state index in [9.17, 15) is 4.79 Å². The summed E-state index contributed by atoms with van der Waals surface area (Å²) in [4.78, 5) is 11.1. The normalized spacial score (nSPS) is 12.9. The molecule has 1 N–H and O–H groups in total. The third-order valence-electron chi connectivity index (χ3n) is 2.11. The molecule has 0 aliphatic carbocycles. The Hall–Kier alpha value is -0.693. The standard InChI is InChI=1S/C11H23NO4Si/c1-9(2)11(13)12-6-5-7-17-16-10(15-4)8-14-3/h10H,1,5-8,17H2,2-4H3,(H,12,13). The number of hydrogen-bond acceptors (Lipinski definition) is 4. The van der Waals surface area contributed by atoms with Crippen LogP contribution < -0.4 is 5.32 Å². The van der Waals surface area contributed by atoms with Gasteiger partial charge in [0.05, 0.1) is 6.61 Å². The van der Waals surface area contributed by atoms with Crippen molar-refractivity contribution in [3.05, 3.63) is 12.2 Å². The van der Waals surface area contributed by atoms with Crippen molar-refractivity contribution >= 4 is 15.7 Å². The van der Waals surface area contributed by atoms with E-state index in [1.165, 1.54) is 0 Å². The molecule has 1 atom stereocenters. The van der Waals surface area contributed by atoms with Gasteiger partial charge in [-0.1, -0.05) is 6.58 Å². The lowest BCUT2D eigenvalue weighted by atomic mass is 10.3. The van der Waals surface area contributed by atoms with Crippen LogP contribution in [0.15, 0.2) is 12.2 Å². The number of carbonyl (C=O) groups is 1. The minimum absolute atomic E-state index is 0.0817. The van der Waals surface area contributed by atoms with Crippen LogP contribution >= 0.6 is 0 Å². The molecular formula is C11H23NO4Si. The van der Waals surface area contributed by atoms with E-state index in [0.29, 0.717) is 18.7 Å². The first-order valence-electron chi connectivity index (χ1n) is 5.68. The fourth-order valence-electron chi connectivity index (χ4n) is 1.11. The zero-order chi connectivity index (χ0) is 13.1. The molecule has 0 aromatic heterocycles. The molecule has 0 aliphatic heterocycles. The number of ether oxygens (including phenoxy) is 2. The first-order chi connectivity index (χ1) is 8.11.